The van der Waals surface area contributed by atoms with Crippen LogP contribution in [0.3, 0.4) is 0 Å². The average molecular weight is 444 g/mol. The fraction of sp³-hybridized carbons (Fsp3) is 0.0800. The molecule has 6 nitrogen and oxygen atoms in total. The Morgan fingerprint density at radius 3 is 2.69 bits per heavy atom. The largest absolute Gasteiger partial charge is 0.497 e. The average Bonchev–Trinajstić information content (AvgIpc) is 3.46. The molecule has 0 aliphatic rings. The van der Waals surface area contributed by atoms with Crippen LogP contribution in [0.2, 0.25) is 5.02 Å². The van der Waals surface area contributed by atoms with Gasteiger partial charge in [-0.3, -0.25) is 4.79 Å². The second-order valence-corrected chi connectivity index (χ2v) is 7.70. The van der Waals surface area contributed by atoms with Gasteiger partial charge in [-0.05, 0) is 54.1 Å². The Kier molecular flexibility index (Phi) is 5.21. The number of ketones is 1. The van der Waals surface area contributed by atoms with E-state index in [1.165, 1.54) is 6.33 Å². The monoisotopic (exact) mass is 443 g/mol. The molecule has 0 aliphatic carbocycles. The van der Waals surface area contributed by atoms with Gasteiger partial charge >= 0.3 is 0 Å². The number of methoxy groups -OCH3 is 1. The highest BCUT2D eigenvalue weighted by molar-refractivity contribution is 6.30. The molecule has 5 rings (SSSR count). The molecular formula is C25H18ClN3O3. The van der Waals surface area contributed by atoms with Gasteiger partial charge in [0, 0.05) is 34.9 Å². The summed E-state index contributed by atoms with van der Waals surface area (Å²) >= 11 is 6.02. The van der Waals surface area contributed by atoms with Crippen LogP contribution in [0.4, 0.5) is 0 Å². The second-order valence-electron chi connectivity index (χ2n) is 7.27. The third kappa shape index (κ3) is 3.76. The van der Waals surface area contributed by atoms with Gasteiger partial charge in [-0.2, -0.15) is 0 Å². The summed E-state index contributed by atoms with van der Waals surface area (Å²) in [7, 11) is 1.61. The zero-order chi connectivity index (χ0) is 22.1. The van der Waals surface area contributed by atoms with Crippen LogP contribution < -0.4 is 4.74 Å². The lowest BCUT2D eigenvalue weighted by Gasteiger charge is -2.06. The number of halogens is 1. The molecule has 0 fully saturated rings. The van der Waals surface area contributed by atoms with Crippen LogP contribution >= 0.6 is 11.6 Å². The molecule has 0 aliphatic heterocycles. The summed E-state index contributed by atoms with van der Waals surface area (Å²) < 4.78 is 13.3. The van der Waals surface area contributed by atoms with Gasteiger partial charge in [0.25, 0.3) is 0 Å². The number of hydrogen-bond donors (Lipinski definition) is 0. The number of aromatic nitrogens is 3. The van der Waals surface area contributed by atoms with Crippen molar-refractivity contribution in [1.82, 2.24) is 14.5 Å². The van der Waals surface area contributed by atoms with E-state index < -0.39 is 0 Å². The van der Waals surface area contributed by atoms with Crippen LogP contribution in [-0.4, -0.2) is 27.4 Å². The molecule has 0 spiro atoms. The molecule has 0 radical (unpaired) electrons. The van der Waals surface area contributed by atoms with E-state index in [1.807, 2.05) is 53.2 Å². The van der Waals surface area contributed by atoms with Crippen LogP contribution in [0.25, 0.3) is 22.4 Å². The minimum Gasteiger partial charge on any atom is -0.497 e. The van der Waals surface area contributed by atoms with Gasteiger partial charge in [0.15, 0.2) is 11.5 Å². The summed E-state index contributed by atoms with van der Waals surface area (Å²) in [5.41, 5.74) is 3.15. The van der Waals surface area contributed by atoms with Crippen LogP contribution in [-0.2, 0) is 6.54 Å². The van der Waals surface area contributed by atoms with Gasteiger partial charge in [-0.25, -0.2) is 9.97 Å². The molecule has 32 heavy (non-hydrogen) atoms. The predicted octanol–water partition coefficient (Wildman–Crippen LogP) is 5.63. The first kappa shape index (κ1) is 20.0. The Labute approximate surface area is 189 Å². The highest BCUT2D eigenvalue weighted by Crippen LogP contribution is 2.30. The summed E-state index contributed by atoms with van der Waals surface area (Å²) in [6, 6.07) is 18.5. The van der Waals surface area contributed by atoms with Crippen LogP contribution in [0.15, 0.2) is 83.8 Å². The maximum Gasteiger partial charge on any atom is 0.230 e. The van der Waals surface area contributed by atoms with Gasteiger partial charge in [0.05, 0.1) is 12.7 Å². The number of nitrogens with zero attached hydrogens (tertiary/aromatic N) is 3. The van der Waals surface area contributed by atoms with Crippen molar-refractivity contribution in [3.05, 3.63) is 101 Å². The molecule has 7 heteroatoms. The molecule has 0 atom stereocenters. The topological polar surface area (TPSA) is 70.2 Å². The van der Waals surface area contributed by atoms with E-state index in [9.17, 15) is 4.79 Å². The normalized spacial score (nSPS) is 11.1. The summed E-state index contributed by atoms with van der Waals surface area (Å²) in [5, 5.41) is 1.48. The summed E-state index contributed by atoms with van der Waals surface area (Å²) in [6.45, 7) is 0.595. The molecule has 0 saturated heterocycles. The van der Waals surface area contributed by atoms with Crippen molar-refractivity contribution in [2.75, 3.05) is 7.11 Å². The van der Waals surface area contributed by atoms with Gasteiger partial charge in [-0.15, -0.1) is 0 Å². The fourth-order valence-electron chi connectivity index (χ4n) is 3.67. The van der Waals surface area contributed by atoms with E-state index in [0.29, 0.717) is 34.3 Å². The molecule has 0 unspecified atom stereocenters. The van der Waals surface area contributed by atoms with Crippen LogP contribution in [0, 0.1) is 0 Å². The highest BCUT2D eigenvalue weighted by Gasteiger charge is 2.21. The number of ether oxygens (including phenoxy) is 1. The van der Waals surface area contributed by atoms with Crippen molar-refractivity contribution < 1.29 is 13.9 Å². The van der Waals surface area contributed by atoms with Crippen molar-refractivity contribution in [1.29, 1.82) is 0 Å². The lowest BCUT2D eigenvalue weighted by atomic mass is 10.1. The Morgan fingerprint density at radius 1 is 1.09 bits per heavy atom. The number of fused-ring (bicyclic) bond motifs is 1. The third-order valence-corrected chi connectivity index (χ3v) is 5.52. The Bertz CT molecular complexity index is 1410. The van der Waals surface area contributed by atoms with Gasteiger partial charge in [-0.1, -0.05) is 23.7 Å². The van der Waals surface area contributed by atoms with E-state index in [4.69, 9.17) is 20.8 Å². The third-order valence-electron chi connectivity index (χ3n) is 5.26. The molecule has 5 aromatic rings. The second kappa shape index (κ2) is 8.32. The van der Waals surface area contributed by atoms with E-state index in [0.717, 1.165) is 16.5 Å². The minimum atomic E-state index is -0.210. The zero-order valence-electron chi connectivity index (χ0n) is 17.2. The minimum absolute atomic E-state index is 0.210. The maximum absolute atomic E-state index is 13.4. The van der Waals surface area contributed by atoms with Gasteiger partial charge in [0.2, 0.25) is 5.78 Å². The van der Waals surface area contributed by atoms with Crippen molar-refractivity contribution in [2.45, 2.75) is 6.54 Å². The van der Waals surface area contributed by atoms with Crippen LogP contribution in [0.5, 0.6) is 5.75 Å². The quantitative estimate of drug-likeness (QED) is 0.318. The first-order valence-corrected chi connectivity index (χ1v) is 10.3. The molecule has 158 valence electrons. The highest BCUT2D eigenvalue weighted by atomic mass is 35.5. The summed E-state index contributed by atoms with van der Waals surface area (Å²) in [6.07, 6.45) is 4.92. The van der Waals surface area contributed by atoms with Crippen molar-refractivity contribution >= 4 is 28.3 Å². The number of carbonyl (C=O) groups is 1. The van der Waals surface area contributed by atoms with E-state index in [-0.39, 0.29) is 11.5 Å². The fourth-order valence-corrected chi connectivity index (χ4v) is 3.79. The number of furan rings is 1. The Balaban J connectivity index is 1.56. The van der Waals surface area contributed by atoms with Crippen molar-refractivity contribution in [3.63, 3.8) is 0 Å². The van der Waals surface area contributed by atoms with Gasteiger partial charge in [0.1, 0.15) is 17.8 Å². The molecular weight excluding hydrogens is 426 g/mol. The van der Waals surface area contributed by atoms with E-state index in [2.05, 4.69) is 9.97 Å². The number of hydrogen-bond acceptors (Lipinski definition) is 5. The molecule has 3 aromatic heterocycles. The van der Waals surface area contributed by atoms with Crippen molar-refractivity contribution in [3.8, 4) is 17.2 Å². The molecule has 3 heterocycles. The number of benzene rings is 2. The molecule has 2 aromatic carbocycles. The lowest BCUT2D eigenvalue weighted by molar-refractivity contribution is 0.101. The number of rotatable bonds is 6. The molecule has 0 amide bonds. The Hall–Kier alpha value is -3.90. The smallest absolute Gasteiger partial charge is 0.230 e. The van der Waals surface area contributed by atoms with Crippen LogP contribution in [0.1, 0.15) is 21.7 Å². The zero-order valence-corrected chi connectivity index (χ0v) is 17.9. The summed E-state index contributed by atoms with van der Waals surface area (Å²) in [4.78, 5) is 21.5. The lowest BCUT2D eigenvalue weighted by Crippen LogP contribution is -2.00. The Morgan fingerprint density at radius 2 is 1.94 bits per heavy atom. The summed E-state index contributed by atoms with van der Waals surface area (Å²) in [5.74, 6) is 1.22. The van der Waals surface area contributed by atoms with E-state index in [1.54, 1.807) is 31.5 Å². The van der Waals surface area contributed by atoms with Gasteiger partial charge < -0.3 is 13.7 Å². The predicted molar refractivity (Wildman–Crippen MR) is 122 cm³/mol. The first-order valence-electron chi connectivity index (χ1n) is 9.94. The van der Waals surface area contributed by atoms with Crippen molar-refractivity contribution in [2.24, 2.45) is 0 Å². The number of carbonyl (C=O) groups excluding carboxylic acids is 1. The maximum atomic E-state index is 13.4. The molecule has 0 saturated carbocycles. The first-order chi connectivity index (χ1) is 15.6. The molecule has 0 bridgehead atoms. The molecule has 0 N–H and O–H groups in total. The van der Waals surface area contributed by atoms with E-state index >= 15 is 0 Å². The SMILES string of the molecule is COc1ccc2c(c1)c(C(=O)c1ccc(-c3ccncn3)o1)cn2Cc1ccc(Cl)cc1. The standard InChI is InChI=1S/C25H18ClN3O3/c1-31-18-6-7-22-19(12-18)20(14-29(22)13-16-2-4-17(26)5-3-16)25(30)24-9-8-23(32-24)21-10-11-27-15-28-21/h2-12,14-15H,13H2,1H3.